The summed E-state index contributed by atoms with van der Waals surface area (Å²) in [6.45, 7) is 4.09. The van der Waals surface area contributed by atoms with E-state index in [0.717, 1.165) is 11.3 Å². The molecule has 1 amide bonds. The van der Waals surface area contributed by atoms with E-state index >= 15 is 0 Å². The third-order valence-electron chi connectivity index (χ3n) is 2.55. The van der Waals surface area contributed by atoms with E-state index in [0.29, 0.717) is 6.54 Å². The molecule has 1 rings (SSSR count). The van der Waals surface area contributed by atoms with Crippen molar-refractivity contribution in [2.45, 2.75) is 20.4 Å². The van der Waals surface area contributed by atoms with Crippen LogP contribution in [0.4, 0.5) is 0 Å². The number of aryl methyl sites for hydroxylation is 1. The first kappa shape index (κ1) is 12.7. The first-order valence-corrected chi connectivity index (χ1v) is 5.41. The van der Waals surface area contributed by atoms with Crippen molar-refractivity contribution in [1.82, 2.24) is 4.90 Å². The van der Waals surface area contributed by atoms with Crippen LogP contribution in [0.3, 0.4) is 0 Å². The molecule has 0 saturated heterocycles. The molecule has 88 valence electrons. The highest BCUT2D eigenvalue weighted by Gasteiger charge is 2.20. The smallest absolute Gasteiger partial charge is 0.232 e. The lowest BCUT2D eigenvalue weighted by molar-refractivity contribution is -0.132. The first-order chi connectivity index (χ1) is 7.43. The molecule has 4 nitrogen and oxygen atoms in total. The fourth-order valence-electron chi connectivity index (χ4n) is 1.36. The number of rotatable bonds is 4. The molecule has 0 radical (unpaired) electrons. The van der Waals surface area contributed by atoms with Gasteiger partial charge in [-0.3, -0.25) is 4.79 Å². The Morgan fingerprint density at radius 1 is 1.69 bits per heavy atom. The summed E-state index contributed by atoms with van der Waals surface area (Å²) in [7, 11) is 1.73. The Balaban J connectivity index is 2.66. The lowest BCUT2D eigenvalue weighted by Crippen LogP contribution is -2.37. The second-order valence-electron chi connectivity index (χ2n) is 3.82. The number of hydrogen-bond donors (Lipinski definition) is 1. The summed E-state index contributed by atoms with van der Waals surface area (Å²) in [6, 6.07) is 1.85. The van der Waals surface area contributed by atoms with Crippen molar-refractivity contribution < 1.29 is 9.21 Å². The van der Waals surface area contributed by atoms with Gasteiger partial charge < -0.3 is 15.1 Å². The number of furan rings is 1. The molecule has 5 heteroatoms. The normalized spacial score (nSPS) is 12.2. The molecule has 0 fully saturated rings. The molecule has 1 atom stereocenters. The zero-order valence-corrected chi connectivity index (χ0v) is 10.5. The largest absolute Gasteiger partial charge is 0.469 e. The van der Waals surface area contributed by atoms with Gasteiger partial charge in [0.25, 0.3) is 0 Å². The fraction of sp³-hybridized carbons (Fsp3) is 0.455. The van der Waals surface area contributed by atoms with Crippen LogP contribution in [0.2, 0.25) is 0 Å². The lowest BCUT2D eigenvalue weighted by atomic mass is 10.1. The van der Waals surface area contributed by atoms with Gasteiger partial charge in [0.2, 0.25) is 5.91 Å². The molecular weight excluding hydrogens is 224 g/mol. The maximum atomic E-state index is 11.8. The SMILES string of the molecule is Cc1occc1CN(C)C(=O)C(C)C(N)=S. The number of amides is 1. The standard InChI is InChI=1S/C11H16N2O2S/c1-7(10(12)16)11(14)13(3)6-9-4-5-15-8(9)2/h4-5,7H,6H2,1-3H3,(H2,12,16). The summed E-state index contributed by atoms with van der Waals surface area (Å²) >= 11 is 4.80. The molecule has 1 heterocycles. The van der Waals surface area contributed by atoms with E-state index < -0.39 is 5.92 Å². The Bertz CT molecular complexity index is 400. The van der Waals surface area contributed by atoms with Gasteiger partial charge in [0.15, 0.2) is 0 Å². The van der Waals surface area contributed by atoms with Crippen LogP contribution in [0.1, 0.15) is 18.2 Å². The number of hydrogen-bond acceptors (Lipinski definition) is 3. The van der Waals surface area contributed by atoms with Crippen LogP contribution in [0.25, 0.3) is 0 Å². The van der Waals surface area contributed by atoms with Gasteiger partial charge in [0.05, 0.1) is 17.2 Å². The Kier molecular flexibility index (Phi) is 4.06. The van der Waals surface area contributed by atoms with E-state index in [1.54, 1.807) is 25.1 Å². The summed E-state index contributed by atoms with van der Waals surface area (Å²) in [5.41, 5.74) is 6.44. The molecule has 0 bridgehead atoms. The van der Waals surface area contributed by atoms with Crippen LogP contribution in [-0.2, 0) is 11.3 Å². The average molecular weight is 240 g/mol. The fourth-order valence-corrected chi connectivity index (χ4v) is 1.46. The molecule has 1 aromatic heterocycles. The zero-order valence-electron chi connectivity index (χ0n) is 9.69. The van der Waals surface area contributed by atoms with Gasteiger partial charge in [0.1, 0.15) is 5.76 Å². The van der Waals surface area contributed by atoms with Gasteiger partial charge in [-0.25, -0.2) is 0 Å². The second-order valence-corrected chi connectivity index (χ2v) is 4.29. The quantitative estimate of drug-likeness (QED) is 0.810. The predicted octanol–water partition coefficient (Wildman–Crippen LogP) is 1.47. The molecule has 0 aliphatic heterocycles. The van der Waals surface area contributed by atoms with E-state index in [9.17, 15) is 4.79 Å². The Labute approximate surface area is 100 Å². The zero-order chi connectivity index (χ0) is 12.3. The van der Waals surface area contributed by atoms with E-state index in [1.165, 1.54) is 0 Å². The molecule has 0 aliphatic carbocycles. The van der Waals surface area contributed by atoms with Gasteiger partial charge in [-0.1, -0.05) is 12.2 Å². The maximum absolute atomic E-state index is 11.8. The van der Waals surface area contributed by atoms with Crippen LogP contribution in [0.5, 0.6) is 0 Å². The van der Waals surface area contributed by atoms with Gasteiger partial charge in [-0.15, -0.1) is 0 Å². The number of nitrogens with two attached hydrogens (primary N) is 1. The maximum Gasteiger partial charge on any atom is 0.232 e. The van der Waals surface area contributed by atoms with Crippen molar-refractivity contribution in [3.63, 3.8) is 0 Å². The van der Waals surface area contributed by atoms with Crippen LogP contribution in [-0.4, -0.2) is 22.8 Å². The predicted molar refractivity (Wildman–Crippen MR) is 65.9 cm³/mol. The molecule has 0 saturated carbocycles. The van der Waals surface area contributed by atoms with Crippen molar-refractivity contribution in [3.8, 4) is 0 Å². The van der Waals surface area contributed by atoms with E-state index in [2.05, 4.69) is 0 Å². The van der Waals surface area contributed by atoms with Crippen molar-refractivity contribution in [2.24, 2.45) is 11.7 Å². The highest BCUT2D eigenvalue weighted by atomic mass is 32.1. The summed E-state index contributed by atoms with van der Waals surface area (Å²) < 4.78 is 5.16. The van der Waals surface area contributed by atoms with Crippen LogP contribution in [0, 0.1) is 12.8 Å². The van der Waals surface area contributed by atoms with Gasteiger partial charge in [-0.05, 0) is 19.9 Å². The Hall–Kier alpha value is -1.36. The molecular formula is C11H16N2O2S. The van der Waals surface area contributed by atoms with E-state index in [4.69, 9.17) is 22.4 Å². The van der Waals surface area contributed by atoms with Gasteiger partial charge >= 0.3 is 0 Å². The minimum atomic E-state index is -0.424. The monoisotopic (exact) mass is 240 g/mol. The Morgan fingerprint density at radius 2 is 2.31 bits per heavy atom. The molecule has 16 heavy (non-hydrogen) atoms. The lowest BCUT2D eigenvalue weighted by Gasteiger charge is -2.20. The minimum Gasteiger partial charge on any atom is -0.469 e. The van der Waals surface area contributed by atoms with Crippen LogP contribution < -0.4 is 5.73 Å². The topological polar surface area (TPSA) is 59.5 Å². The number of carbonyl (C=O) groups is 1. The van der Waals surface area contributed by atoms with Crippen molar-refractivity contribution in [2.75, 3.05) is 7.05 Å². The molecule has 0 aromatic carbocycles. The second kappa shape index (κ2) is 5.12. The summed E-state index contributed by atoms with van der Waals surface area (Å²) in [5, 5.41) is 0. The molecule has 0 spiro atoms. The van der Waals surface area contributed by atoms with Crippen LogP contribution >= 0.6 is 12.2 Å². The third kappa shape index (κ3) is 2.82. The number of thiocarbonyl (C=S) groups is 1. The molecule has 1 aromatic rings. The van der Waals surface area contributed by atoms with Gasteiger partial charge in [-0.2, -0.15) is 0 Å². The molecule has 2 N–H and O–H groups in total. The summed E-state index contributed by atoms with van der Waals surface area (Å²) in [4.78, 5) is 13.7. The van der Waals surface area contributed by atoms with E-state index in [1.807, 2.05) is 13.0 Å². The average Bonchev–Trinajstić information content (AvgIpc) is 2.62. The third-order valence-corrected chi connectivity index (χ3v) is 2.90. The highest BCUT2D eigenvalue weighted by Crippen LogP contribution is 2.12. The van der Waals surface area contributed by atoms with Crippen LogP contribution in [0.15, 0.2) is 16.7 Å². The van der Waals surface area contributed by atoms with E-state index in [-0.39, 0.29) is 10.9 Å². The van der Waals surface area contributed by atoms with Gasteiger partial charge in [0, 0.05) is 19.2 Å². The minimum absolute atomic E-state index is 0.0758. The van der Waals surface area contributed by atoms with Crippen molar-refractivity contribution in [3.05, 3.63) is 23.7 Å². The first-order valence-electron chi connectivity index (χ1n) is 5.00. The molecule has 1 unspecified atom stereocenters. The highest BCUT2D eigenvalue weighted by molar-refractivity contribution is 7.80. The Morgan fingerprint density at radius 3 is 2.75 bits per heavy atom. The summed E-state index contributed by atoms with van der Waals surface area (Å²) in [5.74, 6) is 0.322. The molecule has 0 aliphatic rings. The summed E-state index contributed by atoms with van der Waals surface area (Å²) in [6.07, 6.45) is 1.61. The number of carbonyl (C=O) groups excluding carboxylic acids is 1. The van der Waals surface area contributed by atoms with Crippen molar-refractivity contribution >= 4 is 23.1 Å². The van der Waals surface area contributed by atoms with Crippen molar-refractivity contribution in [1.29, 1.82) is 0 Å². The number of nitrogens with zero attached hydrogens (tertiary/aromatic N) is 1.